The zero-order valence-electron chi connectivity index (χ0n) is 11.6. The lowest BCUT2D eigenvalue weighted by molar-refractivity contribution is 0.102. The number of aromatic nitrogens is 2. The van der Waals surface area contributed by atoms with Crippen LogP contribution in [0.25, 0.3) is 10.2 Å². The number of pyridine rings is 1. The number of thiazole rings is 1. The summed E-state index contributed by atoms with van der Waals surface area (Å²) in [7, 11) is 0. The van der Waals surface area contributed by atoms with Gasteiger partial charge in [-0.25, -0.2) is 4.98 Å². The molecule has 0 aliphatic heterocycles. The predicted molar refractivity (Wildman–Crippen MR) is 86.6 cm³/mol. The molecular formula is C16H13N3O2S. The van der Waals surface area contributed by atoms with Gasteiger partial charge in [0.25, 0.3) is 11.5 Å². The van der Waals surface area contributed by atoms with Crippen LogP contribution in [0.15, 0.2) is 41.3 Å². The molecule has 5 nitrogen and oxygen atoms in total. The van der Waals surface area contributed by atoms with Crippen LogP contribution in [0.1, 0.15) is 34.1 Å². The fraction of sp³-hybridized carbons (Fsp3) is 0.188. The second-order valence-electron chi connectivity index (χ2n) is 5.38. The van der Waals surface area contributed by atoms with Crippen LogP contribution < -0.4 is 10.9 Å². The Balaban J connectivity index is 1.62. The van der Waals surface area contributed by atoms with Gasteiger partial charge in [-0.15, -0.1) is 11.3 Å². The van der Waals surface area contributed by atoms with Crippen LogP contribution in [0.4, 0.5) is 5.69 Å². The number of aromatic amines is 1. The van der Waals surface area contributed by atoms with Crippen LogP contribution in [0.2, 0.25) is 0 Å². The van der Waals surface area contributed by atoms with Crippen molar-refractivity contribution in [2.75, 3.05) is 5.32 Å². The summed E-state index contributed by atoms with van der Waals surface area (Å²) in [5.41, 5.74) is 1.34. The molecule has 1 aliphatic carbocycles. The van der Waals surface area contributed by atoms with E-state index in [1.807, 2.05) is 18.2 Å². The Hall–Kier alpha value is -2.47. The Morgan fingerprint density at radius 3 is 2.95 bits per heavy atom. The van der Waals surface area contributed by atoms with Crippen LogP contribution in [0.5, 0.6) is 0 Å². The SMILES string of the molecule is O=C(Nc1ccc2nc(C3CC3)sc2c1)c1ccc[nH]c1=O. The summed E-state index contributed by atoms with van der Waals surface area (Å²) in [6.07, 6.45) is 3.95. The molecule has 1 aromatic carbocycles. The molecule has 2 heterocycles. The van der Waals surface area contributed by atoms with E-state index in [4.69, 9.17) is 0 Å². The van der Waals surface area contributed by atoms with Crippen molar-refractivity contribution in [3.63, 3.8) is 0 Å². The fourth-order valence-corrected chi connectivity index (χ4v) is 3.50. The van der Waals surface area contributed by atoms with Gasteiger partial charge >= 0.3 is 0 Å². The summed E-state index contributed by atoms with van der Waals surface area (Å²) in [5, 5.41) is 3.94. The van der Waals surface area contributed by atoms with Gasteiger partial charge in [0.2, 0.25) is 0 Å². The lowest BCUT2D eigenvalue weighted by Crippen LogP contribution is -2.22. The normalized spacial score (nSPS) is 14.2. The minimum Gasteiger partial charge on any atom is -0.328 e. The zero-order valence-corrected chi connectivity index (χ0v) is 12.4. The number of rotatable bonds is 3. The molecule has 4 rings (SSSR count). The number of nitrogens with zero attached hydrogens (tertiary/aromatic N) is 1. The van der Waals surface area contributed by atoms with Crippen molar-refractivity contribution in [3.8, 4) is 0 Å². The van der Waals surface area contributed by atoms with E-state index in [9.17, 15) is 9.59 Å². The van der Waals surface area contributed by atoms with Crippen molar-refractivity contribution in [1.82, 2.24) is 9.97 Å². The van der Waals surface area contributed by atoms with Gasteiger partial charge in [-0.05, 0) is 43.2 Å². The molecule has 6 heteroatoms. The van der Waals surface area contributed by atoms with Crippen molar-refractivity contribution >= 4 is 33.1 Å². The number of benzene rings is 1. The van der Waals surface area contributed by atoms with Gasteiger partial charge in [-0.3, -0.25) is 9.59 Å². The molecule has 110 valence electrons. The Morgan fingerprint density at radius 1 is 1.32 bits per heavy atom. The number of nitrogens with one attached hydrogen (secondary N) is 2. The lowest BCUT2D eigenvalue weighted by Gasteiger charge is -2.04. The third kappa shape index (κ3) is 2.42. The number of carbonyl (C=O) groups is 1. The molecule has 1 amide bonds. The molecule has 0 atom stereocenters. The first-order valence-corrected chi connectivity index (χ1v) is 7.92. The average molecular weight is 311 g/mol. The van der Waals surface area contributed by atoms with Crippen LogP contribution in [-0.2, 0) is 0 Å². The van der Waals surface area contributed by atoms with E-state index in [2.05, 4.69) is 15.3 Å². The first-order chi connectivity index (χ1) is 10.7. The Labute approximate surface area is 130 Å². The van der Waals surface area contributed by atoms with Gasteiger partial charge in [0, 0.05) is 17.8 Å². The Bertz CT molecular complexity index is 924. The van der Waals surface area contributed by atoms with E-state index in [-0.39, 0.29) is 5.56 Å². The second kappa shape index (κ2) is 5.06. The molecule has 1 fully saturated rings. The molecule has 0 bridgehead atoms. The molecule has 0 saturated heterocycles. The molecule has 1 aliphatic rings. The Morgan fingerprint density at radius 2 is 2.18 bits per heavy atom. The minimum atomic E-state index is -0.409. The van der Waals surface area contributed by atoms with Crippen molar-refractivity contribution in [1.29, 1.82) is 0 Å². The highest BCUT2D eigenvalue weighted by Gasteiger charge is 2.27. The largest absolute Gasteiger partial charge is 0.328 e. The smallest absolute Gasteiger partial charge is 0.261 e. The van der Waals surface area contributed by atoms with E-state index in [1.54, 1.807) is 17.4 Å². The number of amides is 1. The number of hydrogen-bond acceptors (Lipinski definition) is 4. The van der Waals surface area contributed by atoms with Crippen LogP contribution in [0.3, 0.4) is 0 Å². The van der Waals surface area contributed by atoms with Crippen molar-refractivity contribution < 1.29 is 4.79 Å². The first kappa shape index (κ1) is 13.2. The number of carbonyl (C=O) groups excluding carboxylic acids is 1. The number of anilines is 1. The molecule has 0 unspecified atom stereocenters. The summed E-state index contributed by atoms with van der Waals surface area (Å²) >= 11 is 1.68. The molecule has 1 saturated carbocycles. The summed E-state index contributed by atoms with van der Waals surface area (Å²) in [6.45, 7) is 0. The van der Waals surface area contributed by atoms with E-state index in [0.717, 1.165) is 10.2 Å². The van der Waals surface area contributed by atoms with E-state index >= 15 is 0 Å². The molecule has 2 N–H and O–H groups in total. The molecule has 22 heavy (non-hydrogen) atoms. The molecular weight excluding hydrogens is 298 g/mol. The molecule has 0 spiro atoms. The first-order valence-electron chi connectivity index (χ1n) is 7.10. The van der Waals surface area contributed by atoms with Gasteiger partial charge < -0.3 is 10.3 Å². The Kier molecular flexibility index (Phi) is 3.04. The number of fused-ring (bicyclic) bond motifs is 1. The third-order valence-electron chi connectivity index (χ3n) is 3.65. The summed E-state index contributed by atoms with van der Waals surface area (Å²) in [5.74, 6) is 0.214. The van der Waals surface area contributed by atoms with Gasteiger partial charge in [0.05, 0.1) is 15.2 Å². The van der Waals surface area contributed by atoms with Crippen LogP contribution >= 0.6 is 11.3 Å². The standard InChI is InChI=1S/C16H13N3O2S/c20-14-11(2-1-7-17-14)15(21)18-10-5-6-12-13(8-10)22-16(19-12)9-3-4-9/h1-2,5-9H,3-4H2,(H,17,20)(H,18,21). The van der Waals surface area contributed by atoms with Gasteiger partial charge in [-0.1, -0.05) is 0 Å². The molecule has 2 aromatic heterocycles. The highest BCUT2D eigenvalue weighted by atomic mass is 32.1. The fourth-order valence-electron chi connectivity index (χ4n) is 2.32. The molecule has 3 aromatic rings. The monoisotopic (exact) mass is 311 g/mol. The maximum absolute atomic E-state index is 12.2. The quantitative estimate of drug-likeness (QED) is 0.780. The summed E-state index contributed by atoms with van der Waals surface area (Å²) < 4.78 is 1.06. The molecule has 0 radical (unpaired) electrons. The van der Waals surface area contributed by atoms with E-state index in [1.165, 1.54) is 30.1 Å². The third-order valence-corrected chi connectivity index (χ3v) is 4.83. The van der Waals surface area contributed by atoms with Crippen LogP contribution in [-0.4, -0.2) is 15.9 Å². The number of H-pyrrole nitrogens is 1. The van der Waals surface area contributed by atoms with Crippen molar-refractivity contribution in [2.24, 2.45) is 0 Å². The lowest BCUT2D eigenvalue weighted by atomic mass is 10.2. The minimum absolute atomic E-state index is 0.102. The number of hydrogen-bond donors (Lipinski definition) is 2. The van der Waals surface area contributed by atoms with Crippen LogP contribution in [0, 0.1) is 0 Å². The summed E-state index contributed by atoms with van der Waals surface area (Å²) in [4.78, 5) is 30.9. The highest BCUT2D eigenvalue weighted by molar-refractivity contribution is 7.18. The van der Waals surface area contributed by atoms with Gasteiger partial charge in [0.15, 0.2) is 0 Å². The van der Waals surface area contributed by atoms with Crippen molar-refractivity contribution in [3.05, 3.63) is 57.5 Å². The maximum Gasteiger partial charge on any atom is 0.261 e. The van der Waals surface area contributed by atoms with E-state index < -0.39 is 11.5 Å². The predicted octanol–water partition coefficient (Wildman–Crippen LogP) is 3.11. The maximum atomic E-state index is 12.2. The highest BCUT2D eigenvalue weighted by Crippen LogP contribution is 2.43. The van der Waals surface area contributed by atoms with Crippen molar-refractivity contribution in [2.45, 2.75) is 18.8 Å². The second-order valence-corrected chi connectivity index (χ2v) is 6.44. The summed E-state index contributed by atoms with van der Waals surface area (Å²) in [6, 6.07) is 8.76. The van der Waals surface area contributed by atoms with Gasteiger partial charge in [0.1, 0.15) is 5.56 Å². The van der Waals surface area contributed by atoms with E-state index in [0.29, 0.717) is 11.6 Å². The topological polar surface area (TPSA) is 74.8 Å². The average Bonchev–Trinajstić information content (AvgIpc) is 3.27. The zero-order chi connectivity index (χ0) is 15.1. The van der Waals surface area contributed by atoms with Gasteiger partial charge in [-0.2, -0.15) is 0 Å².